The van der Waals surface area contributed by atoms with Crippen molar-refractivity contribution in [3.8, 4) is 0 Å². The number of alkyl halides is 3. The Labute approximate surface area is 74.7 Å². The second kappa shape index (κ2) is 3.46. The van der Waals surface area contributed by atoms with Crippen molar-refractivity contribution in [2.24, 2.45) is 5.41 Å². The average Bonchev–Trinajstić information content (AvgIpc) is 1.94. The third-order valence-corrected chi connectivity index (χ3v) is 2.57. The predicted molar refractivity (Wildman–Crippen MR) is 40.2 cm³/mol. The first kappa shape index (κ1) is 10.8. The van der Waals surface area contributed by atoms with Gasteiger partial charge in [-0.05, 0) is 12.8 Å². The topological polar surface area (TPSA) is 29.5 Å². The van der Waals surface area contributed by atoms with Gasteiger partial charge in [0.15, 0.2) is 6.10 Å². The summed E-state index contributed by atoms with van der Waals surface area (Å²) in [5.74, 6) is 0. The van der Waals surface area contributed by atoms with Crippen LogP contribution in [-0.4, -0.2) is 30.6 Å². The second-order valence-electron chi connectivity index (χ2n) is 3.61. The fraction of sp³-hybridized carbons (Fsp3) is 1.00. The molecular formula is C8H13F3O2. The molecule has 0 aromatic heterocycles. The number of rotatable bonds is 3. The molecule has 0 radical (unpaired) electrons. The van der Waals surface area contributed by atoms with Gasteiger partial charge in [-0.25, -0.2) is 0 Å². The van der Waals surface area contributed by atoms with Crippen LogP contribution >= 0.6 is 0 Å². The van der Waals surface area contributed by atoms with Crippen molar-refractivity contribution in [1.29, 1.82) is 0 Å². The van der Waals surface area contributed by atoms with Crippen LogP contribution in [0.1, 0.15) is 19.8 Å². The van der Waals surface area contributed by atoms with Crippen molar-refractivity contribution < 1.29 is 23.0 Å². The summed E-state index contributed by atoms with van der Waals surface area (Å²) in [5, 5.41) is 8.84. The molecule has 1 saturated heterocycles. The van der Waals surface area contributed by atoms with Gasteiger partial charge in [-0.3, -0.25) is 0 Å². The van der Waals surface area contributed by atoms with Crippen molar-refractivity contribution in [2.75, 3.05) is 13.2 Å². The Morgan fingerprint density at radius 3 is 2.23 bits per heavy atom. The maximum atomic E-state index is 12.0. The first-order valence-corrected chi connectivity index (χ1v) is 4.22. The van der Waals surface area contributed by atoms with E-state index in [1.165, 1.54) is 0 Å². The Morgan fingerprint density at radius 2 is 2.00 bits per heavy atom. The quantitative estimate of drug-likeness (QED) is 0.748. The van der Waals surface area contributed by atoms with Gasteiger partial charge in [-0.1, -0.05) is 6.92 Å². The second-order valence-corrected chi connectivity index (χ2v) is 3.61. The van der Waals surface area contributed by atoms with Crippen molar-refractivity contribution in [1.82, 2.24) is 0 Å². The molecule has 1 atom stereocenters. The number of hydrogen-bond acceptors (Lipinski definition) is 2. The van der Waals surface area contributed by atoms with Crippen LogP contribution in [-0.2, 0) is 4.74 Å². The molecule has 0 saturated carbocycles. The van der Waals surface area contributed by atoms with E-state index in [0.717, 1.165) is 0 Å². The largest absolute Gasteiger partial charge is 0.414 e. The van der Waals surface area contributed by atoms with Crippen LogP contribution in [0.15, 0.2) is 0 Å². The molecule has 1 heterocycles. The first-order chi connectivity index (χ1) is 5.90. The maximum absolute atomic E-state index is 12.0. The Morgan fingerprint density at radius 1 is 1.46 bits per heavy atom. The lowest BCUT2D eigenvalue weighted by Crippen LogP contribution is -2.47. The fourth-order valence-electron chi connectivity index (χ4n) is 1.38. The summed E-state index contributed by atoms with van der Waals surface area (Å²) >= 11 is 0. The van der Waals surface area contributed by atoms with Gasteiger partial charge in [-0.2, -0.15) is 13.2 Å². The lowest BCUT2D eigenvalue weighted by Gasteiger charge is -2.42. The molecule has 0 amide bonds. The number of aliphatic hydroxyl groups excluding tert-OH is 1. The van der Waals surface area contributed by atoms with E-state index >= 15 is 0 Å². The molecule has 1 fully saturated rings. The van der Waals surface area contributed by atoms with Gasteiger partial charge in [0.05, 0.1) is 13.2 Å². The lowest BCUT2D eigenvalue weighted by atomic mass is 9.78. The highest BCUT2D eigenvalue weighted by Crippen LogP contribution is 2.39. The summed E-state index contributed by atoms with van der Waals surface area (Å²) in [4.78, 5) is 0. The van der Waals surface area contributed by atoms with Crippen LogP contribution in [0.25, 0.3) is 0 Å². The number of ether oxygens (including phenoxy) is 1. The van der Waals surface area contributed by atoms with E-state index in [2.05, 4.69) is 0 Å². The molecule has 0 bridgehead atoms. The van der Waals surface area contributed by atoms with Crippen LogP contribution in [0.2, 0.25) is 0 Å². The minimum absolute atomic E-state index is 0.243. The van der Waals surface area contributed by atoms with E-state index in [0.29, 0.717) is 19.6 Å². The molecule has 0 spiro atoms. The van der Waals surface area contributed by atoms with E-state index in [-0.39, 0.29) is 6.42 Å². The third kappa shape index (κ3) is 2.34. The summed E-state index contributed by atoms with van der Waals surface area (Å²) in [7, 11) is 0. The van der Waals surface area contributed by atoms with Gasteiger partial charge in [0.25, 0.3) is 0 Å². The van der Waals surface area contributed by atoms with Crippen molar-refractivity contribution in [3.05, 3.63) is 0 Å². The van der Waals surface area contributed by atoms with Crippen LogP contribution in [0, 0.1) is 5.41 Å². The molecular weight excluding hydrogens is 185 g/mol. The molecule has 2 nitrogen and oxygen atoms in total. The molecule has 0 aromatic rings. The Balaban J connectivity index is 2.47. The van der Waals surface area contributed by atoms with Gasteiger partial charge in [-0.15, -0.1) is 0 Å². The Kier molecular flexibility index (Phi) is 2.87. The minimum Gasteiger partial charge on any atom is -0.384 e. The van der Waals surface area contributed by atoms with Gasteiger partial charge < -0.3 is 9.84 Å². The molecule has 5 heteroatoms. The molecule has 0 aliphatic carbocycles. The van der Waals surface area contributed by atoms with E-state index in [1.807, 2.05) is 6.92 Å². The van der Waals surface area contributed by atoms with Crippen LogP contribution in [0.3, 0.4) is 0 Å². The van der Waals surface area contributed by atoms with Crippen LogP contribution in [0.4, 0.5) is 13.2 Å². The Hall–Kier alpha value is -0.290. The molecule has 13 heavy (non-hydrogen) atoms. The summed E-state index contributed by atoms with van der Waals surface area (Å²) < 4.78 is 40.8. The van der Waals surface area contributed by atoms with Gasteiger partial charge in [0, 0.05) is 5.41 Å². The van der Waals surface area contributed by atoms with Crippen molar-refractivity contribution in [3.63, 3.8) is 0 Å². The molecule has 1 N–H and O–H groups in total. The van der Waals surface area contributed by atoms with E-state index in [4.69, 9.17) is 9.84 Å². The smallest absolute Gasteiger partial charge is 0.384 e. The lowest BCUT2D eigenvalue weighted by molar-refractivity contribution is -0.230. The molecule has 1 rings (SSSR count). The zero-order valence-electron chi connectivity index (χ0n) is 7.40. The number of hydrogen-bond donors (Lipinski definition) is 1. The number of halogens is 3. The van der Waals surface area contributed by atoms with E-state index in [9.17, 15) is 13.2 Å². The SMILES string of the molecule is CCC1(CC(O)C(F)(F)F)COC1. The monoisotopic (exact) mass is 198 g/mol. The summed E-state index contributed by atoms with van der Waals surface area (Å²) in [6, 6.07) is 0. The Bertz CT molecular complexity index is 169. The molecule has 1 aliphatic rings. The van der Waals surface area contributed by atoms with E-state index < -0.39 is 17.7 Å². The van der Waals surface area contributed by atoms with Crippen molar-refractivity contribution >= 4 is 0 Å². The zero-order valence-corrected chi connectivity index (χ0v) is 7.40. The zero-order chi connectivity index (χ0) is 10.1. The third-order valence-electron chi connectivity index (χ3n) is 2.57. The van der Waals surface area contributed by atoms with Crippen LogP contribution < -0.4 is 0 Å². The minimum atomic E-state index is -4.50. The highest BCUT2D eigenvalue weighted by Gasteiger charge is 2.46. The predicted octanol–water partition coefficient (Wildman–Crippen LogP) is 1.73. The van der Waals surface area contributed by atoms with E-state index in [1.54, 1.807) is 0 Å². The highest BCUT2D eigenvalue weighted by atomic mass is 19.4. The van der Waals surface area contributed by atoms with Crippen molar-refractivity contribution in [2.45, 2.75) is 32.0 Å². The summed E-state index contributed by atoms with van der Waals surface area (Å²) in [5.41, 5.74) is -0.449. The average molecular weight is 198 g/mol. The van der Waals surface area contributed by atoms with Gasteiger partial charge >= 0.3 is 6.18 Å². The first-order valence-electron chi connectivity index (χ1n) is 4.22. The molecule has 1 unspecified atom stereocenters. The van der Waals surface area contributed by atoms with Gasteiger partial charge in [0.1, 0.15) is 0 Å². The molecule has 78 valence electrons. The number of aliphatic hydroxyl groups is 1. The molecule has 1 aliphatic heterocycles. The summed E-state index contributed by atoms with van der Waals surface area (Å²) in [6.07, 6.45) is -6.35. The maximum Gasteiger partial charge on any atom is 0.414 e. The van der Waals surface area contributed by atoms with Crippen LogP contribution in [0.5, 0.6) is 0 Å². The fourth-order valence-corrected chi connectivity index (χ4v) is 1.38. The highest BCUT2D eigenvalue weighted by molar-refractivity contribution is 4.88. The normalized spacial score (nSPS) is 23.8. The summed E-state index contributed by atoms with van der Waals surface area (Å²) in [6.45, 7) is 2.47. The van der Waals surface area contributed by atoms with Gasteiger partial charge in [0.2, 0.25) is 0 Å². The molecule has 0 aromatic carbocycles. The standard InChI is InChI=1S/C8H13F3O2/c1-2-7(4-13-5-7)3-6(12)8(9,10)11/h6,12H,2-5H2,1H3.